The Labute approximate surface area is 366 Å². The van der Waals surface area contributed by atoms with Crippen molar-refractivity contribution in [2.24, 2.45) is 0 Å². The first-order valence-electron chi connectivity index (χ1n) is 23.0. The molecule has 0 heterocycles. The zero-order valence-electron chi connectivity index (χ0n) is 38.4. The summed E-state index contributed by atoms with van der Waals surface area (Å²) in [6, 6.07) is 0. The van der Waals surface area contributed by atoms with Crippen LogP contribution in [0.15, 0.2) is 97.2 Å². The van der Waals surface area contributed by atoms with Crippen molar-refractivity contribution in [2.75, 3.05) is 47.5 Å². The minimum atomic E-state index is -4.41. The zero-order chi connectivity index (χ0) is 44.3. The first kappa shape index (κ1) is 56.9. The molecule has 0 fully saturated rings. The van der Waals surface area contributed by atoms with Gasteiger partial charge in [-0.3, -0.25) is 18.6 Å². The number of nitrogens with zero attached hydrogens (tertiary/aromatic N) is 1. The normalized spacial score (nSPS) is 14.4. The molecule has 9 nitrogen and oxygen atoms in total. The van der Waals surface area contributed by atoms with Gasteiger partial charge in [0.2, 0.25) is 0 Å². The molecule has 1 N–H and O–H groups in total. The summed E-state index contributed by atoms with van der Waals surface area (Å²) >= 11 is 0. The van der Waals surface area contributed by atoms with E-state index in [-0.39, 0.29) is 26.1 Å². The summed E-state index contributed by atoms with van der Waals surface area (Å²) in [6.45, 7) is 4.16. The second-order valence-electron chi connectivity index (χ2n) is 16.0. The maximum absolute atomic E-state index is 12.7. The topological polar surface area (TPSA) is 108 Å². The number of phosphoric ester groups is 1. The standard InChI is InChI=1S/C50H84NO8P/c1-6-8-10-12-14-16-18-20-22-24-25-27-29-31-33-35-37-39-41-43-50(53)59-48(47-58-60(54,55)57-45-44-51(3,4)5)46-56-49(52)42-40-38-36-34-32-30-28-26-23-21-19-17-15-13-11-9-7-2/h8,10,14-17,20-23,25,27,31,33,37,39,48H,6-7,9,11-13,18-19,24,26,28-30,32,34-36,38,40-47H2,1-5H3/p+1/b10-8-,16-14-,17-15-,22-20-,23-21-,27-25-,33-31-,39-37-/t48-/m1/s1. The van der Waals surface area contributed by atoms with Crippen LogP contribution >= 0.6 is 7.82 Å². The molecule has 60 heavy (non-hydrogen) atoms. The van der Waals surface area contributed by atoms with Crippen LogP contribution in [0.2, 0.25) is 0 Å². The van der Waals surface area contributed by atoms with Gasteiger partial charge in [0.1, 0.15) is 19.8 Å². The molecule has 0 aromatic carbocycles. The summed E-state index contributed by atoms with van der Waals surface area (Å²) < 4.78 is 34.2. The van der Waals surface area contributed by atoms with Crippen molar-refractivity contribution >= 4 is 19.8 Å². The predicted octanol–water partition coefficient (Wildman–Crippen LogP) is 13.4. The number of esters is 2. The van der Waals surface area contributed by atoms with Gasteiger partial charge < -0.3 is 18.9 Å². The van der Waals surface area contributed by atoms with E-state index >= 15 is 0 Å². The molecule has 0 aromatic heterocycles. The largest absolute Gasteiger partial charge is 0.472 e. The van der Waals surface area contributed by atoms with Gasteiger partial charge in [-0.2, -0.15) is 0 Å². The van der Waals surface area contributed by atoms with E-state index in [9.17, 15) is 19.0 Å². The number of carbonyl (C=O) groups excluding carboxylic acids is 2. The lowest BCUT2D eigenvalue weighted by Crippen LogP contribution is -2.37. The summed E-state index contributed by atoms with van der Waals surface area (Å²) in [5.41, 5.74) is 0. The minimum absolute atomic E-state index is 0.0113. The van der Waals surface area contributed by atoms with Crippen molar-refractivity contribution in [3.05, 3.63) is 97.2 Å². The van der Waals surface area contributed by atoms with Crippen LogP contribution in [0.25, 0.3) is 0 Å². The molecule has 1 unspecified atom stereocenters. The third-order valence-electron chi connectivity index (χ3n) is 9.11. The van der Waals surface area contributed by atoms with Crippen molar-refractivity contribution in [1.82, 2.24) is 0 Å². The van der Waals surface area contributed by atoms with Crippen molar-refractivity contribution in [1.29, 1.82) is 0 Å². The Balaban J connectivity index is 4.49. The Bertz CT molecular complexity index is 1340. The van der Waals surface area contributed by atoms with Crippen LogP contribution in [-0.2, 0) is 32.7 Å². The average Bonchev–Trinajstić information content (AvgIpc) is 3.20. The fourth-order valence-electron chi connectivity index (χ4n) is 5.54. The highest BCUT2D eigenvalue weighted by Gasteiger charge is 2.27. The van der Waals surface area contributed by atoms with E-state index in [2.05, 4.69) is 98.9 Å². The monoisotopic (exact) mass is 859 g/mol. The highest BCUT2D eigenvalue weighted by atomic mass is 31.2. The molecule has 0 saturated carbocycles. The van der Waals surface area contributed by atoms with E-state index in [0.717, 1.165) is 70.6 Å². The number of rotatable bonds is 40. The van der Waals surface area contributed by atoms with Gasteiger partial charge in [0.15, 0.2) is 6.10 Å². The first-order valence-corrected chi connectivity index (χ1v) is 24.5. The first-order chi connectivity index (χ1) is 29.0. The van der Waals surface area contributed by atoms with Gasteiger partial charge in [-0.05, 0) is 83.5 Å². The van der Waals surface area contributed by atoms with Crippen LogP contribution in [0.5, 0.6) is 0 Å². The number of unbranched alkanes of at least 4 members (excludes halogenated alkanes) is 10. The summed E-state index contributed by atoms with van der Waals surface area (Å²) in [7, 11) is 1.41. The quantitative estimate of drug-likeness (QED) is 0.0213. The van der Waals surface area contributed by atoms with Crippen LogP contribution in [0.4, 0.5) is 0 Å². The average molecular weight is 859 g/mol. The van der Waals surface area contributed by atoms with E-state index in [4.69, 9.17) is 18.5 Å². The van der Waals surface area contributed by atoms with E-state index < -0.39 is 32.5 Å². The van der Waals surface area contributed by atoms with Crippen LogP contribution in [0.3, 0.4) is 0 Å². The van der Waals surface area contributed by atoms with E-state index in [1.54, 1.807) is 0 Å². The Morgan fingerprint density at radius 2 is 0.983 bits per heavy atom. The van der Waals surface area contributed by atoms with Gasteiger partial charge >= 0.3 is 19.8 Å². The molecule has 0 spiro atoms. The predicted molar refractivity (Wildman–Crippen MR) is 252 cm³/mol. The zero-order valence-corrected chi connectivity index (χ0v) is 39.3. The molecule has 2 atom stereocenters. The van der Waals surface area contributed by atoms with Crippen LogP contribution in [0, 0.1) is 0 Å². The Morgan fingerprint density at radius 3 is 1.48 bits per heavy atom. The summed E-state index contributed by atoms with van der Waals surface area (Å²) in [5.74, 6) is -0.915. The van der Waals surface area contributed by atoms with Gasteiger partial charge in [0.25, 0.3) is 0 Å². The third-order valence-corrected chi connectivity index (χ3v) is 10.1. The Hall–Kier alpha value is -3.07. The number of ether oxygens (including phenoxy) is 2. The van der Waals surface area contributed by atoms with Crippen LogP contribution < -0.4 is 0 Å². The smallest absolute Gasteiger partial charge is 0.462 e. The molecular weight excluding hydrogens is 774 g/mol. The van der Waals surface area contributed by atoms with E-state index in [0.29, 0.717) is 23.9 Å². The number of hydrogen-bond donors (Lipinski definition) is 1. The van der Waals surface area contributed by atoms with Gasteiger partial charge in [-0.25, -0.2) is 4.57 Å². The summed E-state index contributed by atoms with van der Waals surface area (Å²) in [6.07, 6.45) is 54.7. The fraction of sp³-hybridized carbons (Fsp3) is 0.640. The lowest BCUT2D eigenvalue weighted by molar-refractivity contribution is -0.870. The van der Waals surface area contributed by atoms with E-state index in [1.807, 2.05) is 33.3 Å². The van der Waals surface area contributed by atoms with Gasteiger partial charge in [0.05, 0.1) is 27.7 Å². The minimum Gasteiger partial charge on any atom is -0.462 e. The summed E-state index contributed by atoms with van der Waals surface area (Å²) in [5, 5.41) is 0. The van der Waals surface area contributed by atoms with Gasteiger partial charge in [-0.1, -0.05) is 156 Å². The van der Waals surface area contributed by atoms with Crippen molar-refractivity contribution < 1.29 is 42.1 Å². The molecule has 342 valence electrons. The second kappa shape index (κ2) is 41.3. The highest BCUT2D eigenvalue weighted by molar-refractivity contribution is 7.47. The number of quaternary nitrogens is 1. The molecule has 0 aliphatic rings. The summed E-state index contributed by atoms with van der Waals surface area (Å²) in [4.78, 5) is 35.4. The molecule has 10 heteroatoms. The van der Waals surface area contributed by atoms with Gasteiger partial charge in [-0.15, -0.1) is 0 Å². The Kier molecular flexibility index (Phi) is 39.2. The molecule has 0 aliphatic carbocycles. The highest BCUT2D eigenvalue weighted by Crippen LogP contribution is 2.43. The molecule has 0 bridgehead atoms. The Morgan fingerprint density at radius 1 is 0.533 bits per heavy atom. The molecule has 0 aliphatic heterocycles. The number of phosphoric acid groups is 1. The molecule has 0 rings (SSSR count). The van der Waals surface area contributed by atoms with E-state index in [1.165, 1.54) is 44.9 Å². The number of allylic oxidation sites excluding steroid dienone is 16. The third kappa shape index (κ3) is 44.5. The molecular formula is C50H85NO8P+. The van der Waals surface area contributed by atoms with Crippen LogP contribution in [-0.4, -0.2) is 74.9 Å². The maximum atomic E-state index is 12.7. The lowest BCUT2D eigenvalue weighted by Gasteiger charge is -2.24. The lowest BCUT2D eigenvalue weighted by atomic mass is 10.1. The second-order valence-corrected chi connectivity index (χ2v) is 17.5. The maximum Gasteiger partial charge on any atom is 0.472 e. The number of carbonyl (C=O) groups is 2. The van der Waals surface area contributed by atoms with Gasteiger partial charge in [0, 0.05) is 12.8 Å². The van der Waals surface area contributed by atoms with Crippen LogP contribution in [0.1, 0.15) is 155 Å². The molecule has 0 saturated heterocycles. The van der Waals surface area contributed by atoms with Crippen molar-refractivity contribution in [2.45, 2.75) is 161 Å². The van der Waals surface area contributed by atoms with Crippen molar-refractivity contribution in [3.63, 3.8) is 0 Å². The van der Waals surface area contributed by atoms with Crippen molar-refractivity contribution in [3.8, 4) is 0 Å². The molecule has 0 aromatic rings. The SMILES string of the molecule is CC/C=C\C/C=C\C/C=C\C/C=C\C/C=C\C/C=C\CCC(=O)O[C@H](COC(=O)CCCCCCCCC/C=C\C/C=C\CCCCC)COP(=O)(O)OCC[N+](C)(C)C. The fourth-order valence-corrected chi connectivity index (χ4v) is 6.28. The molecule has 0 amide bonds. The molecule has 0 radical (unpaired) electrons. The number of hydrogen-bond acceptors (Lipinski definition) is 7. The number of likely N-dealkylation sites (N-methyl/N-ethyl adjacent to an activating group) is 1.